The fourth-order valence-corrected chi connectivity index (χ4v) is 3.37. The second-order valence-corrected chi connectivity index (χ2v) is 7.96. The van der Waals surface area contributed by atoms with E-state index in [1.165, 1.54) is 0 Å². The highest BCUT2D eigenvalue weighted by atomic mass is 32.2. The van der Waals surface area contributed by atoms with Crippen molar-refractivity contribution in [1.82, 2.24) is 24.7 Å². The lowest BCUT2D eigenvalue weighted by Gasteiger charge is -2.20. The molecule has 0 saturated heterocycles. The maximum atomic E-state index is 12.9. The number of rotatable bonds is 4. The summed E-state index contributed by atoms with van der Waals surface area (Å²) in [6, 6.07) is 2.85. The summed E-state index contributed by atoms with van der Waals surface area (Å²) in [6.07, 6.45) is -2.91. The van der Waals surface area contributed by atoms with Crippen molar-refractivity contribution in [3.8, 4) is 11.5 Å². The molecular weight excluding hydrogens is 377 g/mol. The Hall–Kier alpha value is -2.20. The molecule has 3 aromatic rings. The number of imidazole rings is 1. The summed E-state index contributed by atoms with van der Waals surface area (Å²) in [4.78, 5) is 9.71. The van der Waals surface area contributed by atoms with Crippen LogP contribution in [0.15, 0.2) is 23.2 Å². The standard InChI is InChI=1S/C17H19F3N6S/c1-5-27-11-6-9(16(2,3)21)8-22-13(11)15-23-10-7-12(17(18,19)20)24-25-14(10)26(15)4/h6-8H,5,21H2,1-4H3. The Labute approximate surface area is 158 Å². The molecule has 0 radical (unpaired) electrons. The third-order valence-electron chi connectivity index (χ3n) is 4.02. The molecule has 0 amide bonds. The summed E-state index contributed by atoms with van der Waals surface area (Å²) in [6.45, 7) is 5.77. The normalized spacial score (nSPS) is 12.7. The van der Waals surface area contributed by atoms with Crippen molar-refractivity contribution < 1.29 is 13.2 Å². The number of aromatic nitrogens is 5. The minimum absolute atomic E-state index is 0.118. The van der Waals surface area contributed by atoms with Crippen LogP contribution in [-0.4, -0.2) is 30.5 Å². The van der Waals surface area contributed by atoms with Gasteiger partial charge in [-0.05, 0) is 31.2 Å². The van der Waals surface area contributed by atoms with Crippen LogP contribution in [-0.2, 0) is 18.8 Å². The SMILES string of the molecule is CCSc1cc(C(C)(C)N)cnc1-c1nc2cc(C(F)(F)F)nnc2n1C. The Bertz CT molecular complexity index is 991. The molecule has 3 aromatic heterocycles. The van der Waals surface area contributed by atoms with E-state index in [0.29, 0.717) is 11.5 Å². The number of fused-ring (bicyclic) bond motifs is 1. The molecule has 0 atom stereocenters. The molecule has 0 aromatic carbocycles. The van der Waals surface area contributed by atoms with Crippen molar-refractivity contribution in [2.24, 2.45) is 12.8 Å². The van der Waals surface area contributed by atoms with Crippen LogP contribution in [0.5, 0.6) is 0 Å². The number of thioether (sulfide) groups is 1. The van der Waals surface area contributed by atoms with E-state index >= 15 is 0 Å². The van der Waals surface area contributed by atoms with E-state index in [0.717, 1.165) is 22.3 Å². The maximum absolute atomic E-state index is 12.9. The summed E-state index contributed by atoms with van der Waals surface area (Å²) >= 11 is 1.57. The van der Waals surface area contributed by atoms with Crippen LogP contribution in [0.25, 0.3) is 22.7 Å². The number of halogens is 3. The van der Waals surface area contributed by atoms with E-state index in [-0.39, 0.29) is 11.2 Å². The minimum atomic E-state index is -4.57. The van der Waals surface area contributed by atoms with E-state index in [4.69, 9.17) is 5.73 Å². The Morgan fingerprint density at radius 3 is 2.48 bits per heavy atom. The summed E-state index contributed by atoms with van der Waals surface area (Å²) in [5.74, 6) is 1.22. The molecule has 0 aliphatic rings. The molecule has 0 spiro atoms. The van der Waals surface area contributed by atoms with Crippen molar-refractivity contribution in [3.05, 3.63) is 29.6 Å². The van der Waals surface area contributed by atoms with E-state index in [2.05, 4.69) is 20.2 Å². The van der Waals surface area contributed by atoms with Crippen LogP contribution in [0.2, 0.25) is 0 Å². The number of pyridine rings is 1. The minimum Gasteiger partial charge on any atom is -0.322 e. The van der Waals surface area contributed by atoms with Gasteiger partial charge in [-0.15, -0.1) is 22.0 Å². The largest absolute Gasteiger partial charge is 0.435 e. The van der Waals surface area contributed by atoms with Gasteiger partial charge < -0.3 is 10.3 Å². The first-order valence-electron chi connectivity index (χ1n) is 8.22. The molecule has 0 aliphatic heterocycles. The van der Waals surface area contributed by atoms with Crippen LogP contribution in [0.1, 0.15) is 32.0 Å². The molecule has 3 heterocycles. The average molecular weight is 396 g/mol. The zero-order valence-corrected chi connectivity index (χ0v) is 16.1. The van der Waals surface area contributed by atoms with Gasteiger partial charge >= 0.3 is 6.18 Å². The molecular formula is C17H19F3N6S. The molecule has 10 heteroatoms. The molecule has 6 nitrogen and oxygen atoms in total. The fraction of sp³-hybridized carbons (Fsp3) is 0.412. The van der Waals surface area contributed by atoms with Crippen molar-refractivity contribution in [2.75, 3.05) is 5.75 Å². The van der Waals surface area contributed by atoms with Gasteiger partial charge in [0, 0.05) is 29.7 Å². The van der Waals surface area contributed by atoms with Gasteiger partial charge in [0.1, 0.15) is 11.2 Å². The quantitative estimate of drug-likeness (QED) is 0.677. The van der Waals surface area contributed by atoms with Crippen LogP contribution in [0.4, 0.5) is 13.2 Å². The molecule has 3 rings (SSSR count). The lowest BCUT2D eigenvalue weighted by atomic mass is 9.97. The molecule has 27 heavy (non-hydrogen) atoms. The molecule has 144 valence electrons. The first-order valence-corrected chi connectivity index (χ1v) is 9.21. The predicted molar refractivity (Wildman–Crippen MR) is 98.1 cm³/mol. The number of nitrogens with zero attached hydrogens (tertiary/aromatic N) is 5. The summed E-state index contributed by atoms with van der Waals surface area (Å²) in [5, 5.41) is 6.97. The lowest BCUT2D eigenvalue weighted by Crippen LogP contribution is -2.28. The zero-order chi connectivity index (χ0) is 20.0. The molecule has 0 aliphatic carbocycles. The van der Waals surface area contributed by atoms with Crippen LogP contribution >= 0.6 is 11.8 Å². The Morgan fingerprint density at radius 2 is 1.89 bits per heavy atom. The van der Waals surface area contributed by atoms with E-state index in [9.17, 15) is 13.2 Å². The smallest absolute Gasteiger partial charge is 0.322 e. The van der Waals surface area contributed by atoms with Gasteiger partial charge in [0.2, 0.25) is 0 Å². The molecule has 0 bridgehead atoms. The second kappa shape index (κ2) is 6.75. The van der Waals surface area contributed by atoms with Gasteiger partial charge in [-0.2, -0.15) is 13.2 Å². The summed E-state index contributed by atoms with van der Waals surface area (Å²) in [7, 11) is 1.68. The number of hydrogen-bond acceptors (Lipinski definition) is 6. The third kappa shape index (κ3) is 3.77. The highest BCUT2D eigenvalue weighted by molar-refractivity contribution is 7.99. The topological polar surface area (TPSA) is 82.5 Å². The van der Waals surface area contributed by atoms with Crippen molar-refractivity contribution >= 4 is 22.9 Å². The molecule has 2 N–H and O–H groups in total. The zero-order valence-electron chi connectivity index (χ0n) is 15.3. The molecule has 0 fully saturated rings. The van der Waals surface area contributed by atoms with Gasteiger partial charge in [-0.3, -0.25) is 4.98 Å². The van der Waals surface area contributed by atoms with Crippen molar-refractivity contribution in [2.45, 2.75) is 37.4 Å². The third-order valence-corrected chi connectivity index (χ3v) is 4.93. The second-order valence-electron chi connectivity index (χ2n) is 6.66. The van der Waals surface area contributed by atoms with Gasteiger partial charge in [-0.1, -0.05) is 6.92 Å². The molecule has 0 saturated carbocycles. The number of aryl methyl sites for hydroxylation is 1. The summed E-state index contributed by atoms with van der Waals surface area (Å²) in [5.41, 5.74) is 6.34. The van der Waals surface area contributed by atoms with Gasteiger partial charge in [0.25, 0.3) is 0 Å². The first kappa shape index (κ1) is 19.6. The monoisotopic (exact) mass is 396 g/mol. The molecule has 0 unspecified atom stereocenters. The predicted octanol–water partition coefficient (Wildman–Crippen LogP) is 3.75. The highest BCUT2D eigenvalue weighted by Crippen LogP contribution is 2.34. The van der Waals surface area contributed by atoms with Crippen molar-refractivity contribution in [3.63, 3.8) is 0 Å². The Morgan fingerprint density at radius 1 is 1.19 bits per heavy atom. The number of nitrogens with two attached hydrogens (primary N) is 1. The lowest BCUT2D eigenvalue weighted by molar-refractivity contribution is -0.141. The van der Waals surface area contributed by atoms with Crippen LogP contribution in [0.3, 0.4) is 0 Å². The highest BCUT2D eigenvalue weighted by Gasteiger charge is 2.34. The Kier molecular flexibility index (Phi) is 4.89. The first-order chi connectivity index (χ1) is 12.5. The van der Waals surface area contributed by atoms with E-state index < -0.39 is 17.4 Å². The van der Waals surface area contributed by atoms with E-state index in [1.54, 1.807) is 29.6 Å². The van der Waals surface area contributed by atoms with Crippen LogP contribution in [0, 0.1) is 0 Å². The van der Waals surface area contributed by atoms with E-state index in [1.807, 2.05) is 26.8 Å². The van der Waals surface area contributed by atoms with Gasteiger partial charge in [0.05, 0.1) is 0 Å². The summed E-state index contributed by atoms with van der Waals surface area (Å²) < 4.78 is 40.3. The van der Waals surface area contributed by atoms with Gasteiger partial charge in [-0.25, -0.2) is 4.98 Å². The average Bonchev–Trinajstić information content (AvgIpc) is 2.90. The van der Waals surface area contributed by atoms with Crippen LogP contribution < -0.4 is 5.73 Å². The van der Waals surface area contributed by atoms with Gasteiger partial charge in [0.15, 0.2) is 17.2 Å². The number of alkyl halides is 3. The Balaban J connectivity index is 2.18. The maximum Gasteiger partial charge on any atom is 0.435 e. The fourth-order valence-electron chi connectivity index (χ4n) is 2.57. The van der Waals surface area contributed by atoms with Crippen molar-refractivity contribution in [1.29, 1.82) is 0 Å². The number of hydrogen-bond donors (Lipinski definition) is 1.